The first-order valence-corrected chi connectivity index (χ1v) is 11.8. The van der Waals surface area contributed by atoms with E-state index in [1.165, 1.54) is 0 Å². The van der Waals surface area contributed by atoms with Crippen LogP contribution in [0.3, 0.4) is 0 Å². The molecule has 34 heavy (non-hydrogen) atoms. The summed E-state index contributed by atoms with van der Waals surface area (Å²) in [6, 6.07) is 13.5. The van der Waals surface area contributed by atoms with Gasteiger partial charge in [0.2, 0.25) is 0 Å². The van der Waals surface area contributed by atoms with Gasteiger partial charge < -0.3 is 20.1 Å². The van der Waals surface area contributed by atoms with Crippen molar-refractivity contribution in [1.82, 2.24) is 15.3 Å². The summed E-state index contributed by atoms with van der Waals surface area (Å²) < 4.78 is 11.0. The minimum atomic E-state index is -0.454. The molecule has 0 bridgehead atoms. The number of amides is 1. The number of halogens is 1. The fourth-order valence-electron chi connectivity index (χ4n) is 4.33. The van der Waals surface area contributed by atoms with E-state index in [4.69, 9.17) is 31.0 Å². The lowest BCUT2D eigenvalue weighted by Gasteiger charge is -2.24. The van der Waals surface area contributed by atoms with E-state index in [1.54, 1.807) is 20.2 Å². The van der Waals surface area contributed by atoms with Crippen molar-refractivity contribution in [2.45, 2.75) is 45.3 Å². The van der Waals surface area contributed by atoms with Gasteiger partial charge in [0, 0.05) is 19.0 Å². The van der Waals surface area contributed by atoms with Crippen LogP contribution in [0.25, 0.3) is 11.3 Å². The van der Waals surface area contributed by atoms with Gasteiger partial charge in [-0.1, -0.05) is 49.7 Å². The minimum absolute atomic E-state index is 0.228. The maximum absolute atomic E-state index is 12.0. The second kappa shape index (κ2) is 10.3. The smallest absolute Gasteiger partial charge is 0.407 e. The van der Waals surface area contributed by atoms with Gasteiger partial charge in [-0.25, -0.2) is 14.8 Å². The first-order valence-electron chi connectivity index (χ1n) is 11.4. The Hall–Kier alpha value is -3.32. The molecule has 1 aromatic heterocycles. The molecule has 0 unspecified atom stereocenters. The number of hydrogen-bond acceptors (Lipinski definition) is 6. The molecule has 1 aliphatic rings. The minimum Gasteiger partial charge on any atom is -0.497 e. The van der Waals surface area contributed by atoms with Gasteiger partial charge in [-0.2, -0.15) is 0 Å². The Labute approximate surface area is 204 Å². The predicted molar refractivity (Wildman–Crippen MR) is 134 cm³/mol. The third kappa shape index (κ3) is 4.66. The number of nitrogens with zero attached hydrogens (tertiary/aromatic N) is 2. The van der Waals surface area contributed by atoms with Crippen molar-refractivity contribution in [3.8, 4) is 17.0 Å². The molecule has 1 amide bonds. The predicted octanol–water partition coefficient (Wildman–Crippen LogP) is 5.36. The Morgan fingerprint density at radius 3 is 2.56 bits per heavy atom. The molecule has 4 rings (SSSR count). The maximum atomic E-state index is 12.0. The van der Waals surface area contributed by atoms with E-state index >= 15 is 0 Å². The number of carbonyl (C=O) groups is 1. The SMILES string of the molecule is CCc1nc(-c2ccc(OC)cc2Cl)c(CC)nc1N[C@@H]1c2ccccc2C[C@@H]1OC(=O)NC. The second-order valence-electron chi connectivity index (χ2n) is 8.09. The monoisotopic (exact) mass is 480 g/mol. The van der Waals surface area contributed by atoms with Crippen LogP contribution in [0, 0.1) is 0 Å². The summed E-state index contributed by atoms with van der Waals surface area (Å²) in [6.45, 7) is 4.09. The summed E-state index contributed by atoms with van der Waals surface area (Å²) in [5, 5.41) is 6.66. The van der Waals surface area contributed by atoms with Gasteiger partial charge in [0.1, 0.15) is 17.7 Å². The summed E-state index contributed by atoms with van der Waals surface area (Å²) >= 11 is 6.56. The molecule has 2 atom stereocenters. The number of anilines is 1. The summed E-state index contributed by atoms with van der Waals surface area (Å²) in [7, 11) is 3.17. The molecule has 0 saturated heterocycles. The van der Waals surface area contributed by atoms with Crippen molar-refractivity contribution in [1.29, 1.82) is 0 Å². The lowest BCUT2D eigenvalue weighted by Crippen LogP contribution is -2.32. The van der Waals surface area contributed by atoms with Crippen molar-refractivity contribution < 1.29 is 14.3 Å². The van der Waals surface area contributed by atoms with E-state index in [2.05, 4.69) is 22.8 Å². The Bertz CT molecular complexity index is 1200. The number of rotatable bonds is 7. The van der Waals surface area contributed by atoms with Crippen molar-refractivity contribution >= 4 is 23.5 Å². The Balaban J connectivity index is 1.73. The Kier molecular flexibility index (Phi) is 7.22. The number of nitrogens with one attached hydrogen (secondary N) is 2. The van der Waals surface area contributed by atoms with Crippen LogP contribution in [0.1, 0.15) is 42.4 Å². The Morgan fingerprint density at radius 1 is 1.12 bits per heavy atom. The zero-order chi connectivity index (χ0) is 24.2. The van der Waals surface area contributed by atoms with E-state index in [-0.39, 0.29) is 12.1 Å². The molecule has 8 heteroatoms. The van der Waals surface area contributed by atoms with E-state index < -0.39 is 6.09 Å². The highest BCUT2D eigenvalue weighted by molar-refractivity contribution is 6.33. The molecule has 0 fully saturated rings. The zero-order valence-electron chi connectivity index (χ0n) is 19.8. The molecule has 178 valence electrons. The van der Waals surface area contributed by atoms with Crippen LogP contribution in [-0.2, 0) is 24.0 Å². The van der Waals surface area contributed by atoms with Crippen LogP contribution in [0.5, 0.6) is 5.75 Å². The maximum Gasteiger partial charge on any atom is 0.407 e. The van der Waals surface area contributed by atoms with E-state index in [1.807, 2.05) is 38.1 Å². The molecule has 3 aromatic rings. The lowest BCUT2D eigenvalue weighted by atomic mass is 10.1. The highest BCUT2D eigenvalue weighted by atomic mass is 35.5. The third-order valence-corrected chi connectivity index (χ3v) is 6.39. The molecule has 1 aliphatic carbocycles. The van der Waals surface area contributed by atoms with Crippen molar-refractivity contribution in [2.75, 3.05) is 19.5 Å². The van der Waals surface area contributed by atoms with Gasteiger partial charge in [-0.05, 0) is 42.2 Å². The summed E-state index contributed by atoms with van der Waals surface area (Å²) in [6.07, 6.45) is 1.18. The summed E-state index contributed by atoms with van der Waals surface area (Å²) in [5.41, 5.74) is 5.49. The fraction of sp³-hybridized carbons (Fsp3) is 0.346. The van der Waals surface area contributed by atoms with Crippen LogP contribution >= 0.6 is 11.6 Å². The number of ether oxygens (including phenoxy) is 2. The molecule has 1 heterocycles. The number of carbonyl (C=O) groups excluding carboxylic acids is 1. The highest BCUT2D eigenvalue weighted by Gasteiger charge is 2.36. The molecule has 0 spiro atoms. The van der Waals surface area contributed by atoms with Gasteiger partial charge in [0.25, 0.3) is 0 Å². The lowest BCUT2D eigenvalue weighted by molar-refractivity contribution is 0.0944. The first-order chi connectivity index (χ1) is 16.5. The molecule has 2 N–H and O–H groups in total. The summed E-state index contributed by atoms with van der Waals surface area (Å²) in [5.74, 6) is 1.38. The van der Waals surface area contributed by atoms with Gasteiger partial charge in [-0.3, -0.25) is 0 Å². The van der Waals surface area contributed by atoms with Gasteiger partial charge >= 0.3 is 6.09 Å². The highest BCUT2D eigenvalue weighted by Crippen LogP contribution is 2.38. The number of alkyl carbamates (subject to hydrolysis) is 1. The topological polar surface area (TPSA) is 85.4 Å². The fourth-order valence-corrected chi connectivity index (χ4v) is 4.59. The number of aryl methyl sites for hydroxylation is 2. The van der Waals surface area contributed by atoms with Gasteiger partial charge in [0.05, 0.1) is 35.3 Å². The van der Waals surface area contributed by atoms with Crippen molar-refractivity contribution in [3.63, 3.8) is 0 Å². The Morgan fingerprint density at radius 2 is 1.88 bits per heavy atom. The van der Waals surface area contributed by atoms with Crippen LogP contribution < -0.4 is 15.4 Å². The number of hydrogen-bond donors (Lipinski definition) is 2. The molecule has 0 radical (unpaired) electrons. The standard InChI is InChI=1S/C26H29ClN4O3/c1-5-20-23(18-12-11-16(33-4)14-19(18)27)29-21(6-2)25(30-20)31-24-17-10-8-7-9-15(17)13-22(24)34-26(32)28-3/h7-12,14,22,24H,5-6,13H2,1-4H3,(H,28,32)(H,30,31)/t22-,24+/m0/s1. The van der Waals surface area contributed by atoms with Gasteiger partial charge in [-0.15, -0.1) is 0 Å². The number of fused-ring (bicyclic) bond motifs is 1. The third-order valence-electron chi connectivity index (χ3n) is 6.08. The number of benzene rings is 2. The van der Waals surface area contributed by atoms with Crippen LogP contribution in [0.15, 0.2) is 42.5 Å². The average molecular weight is 481 g/mol. The van der Waals surface area contributed by atoms with Crippen molar-refractivity contribution in [3.05, 3.63) is 70.0 Å². The van der Waals surface area contributed by atoms with Crippen LogP contribution in [0.4, 0.5) is 10.6 Å². The van der Waals surface area contributed by atoms with Gasteiger partial charge in [0.15, 0.2) is 0 Å². The first kappa shape index (κ1) is 23.8. The molecule has 0 saturated carbocycles. The van der Waals surface area contributed by atoms with Crippen LogP contribution in [0.2, 0.25) is 5.02 Å². The van der Waals surface area contributed by atoms with E-state index in [0.29, 0.717) is 35.9 Å². The quantitative estimate of drug-likeness (QED) is 0.473. The number of aromatic nitrogens is 2. The van der Waals surface area contributed by atoms with Crippen molar-refractivity contribution in [2.24, 2.45) is 0 Å². The molecule has 0 aliphatic heterocycles. The molecular weight excluding hydrogens is 452 g/mol. The molecule has 2 aromatic carbocycles. The average Bonchev–Trinajstić information content (AvgIpc) is 3.20. The van der Waals surface area contributed by atoms with Crippen LogP contribution in [-0.4, -0.2) is 36.3 Å². The number of methoxy groups -OCH3 is 1. The molecule has 7 nitrogen and oxygen atoms in total. The molecular formula is C26H29ClN4O3. The van der Waals surface area contributed by atoms with E-state index in [9.17, 15) is 4.79 Å². The second-order valence-corrected chi connectivity index (χ2v) is 8.49. The summed E-state index contributed by atoms with van der Waals surface area (Å²) in [4.78, 5) is 22.0. The zero-order valence-corrected chi connectivity index (χ0v) is 20.6. The van der Waals surface area contributed by atoms with E-state index in [0.717, 1.165) is 33.8 Å². The normalized spacial score (nSPS) is 16.6. The largest absolute Gasteiger partial charge is 0.497 e.